The molecule has 0 spiro atoms. The zero-order valence-electron chi connectivity index (χ0n) is 10.7. The first-order chi connectivity index (χ1) is 9.60. The van der Waals surface area contributed by atoms with Crippen molar-refractivity contribution in [3.63, 3.8) is 0 Å². The van der Waals surface area contributed by atoms with E-state index >= 15 is 0 Å². The molecule has 0 bridgehead atoms. The van der Waals surface area contributed by atoms with Crippen LogP contribution in [-0.2, 0) is 6.54 Å². The van der Waals surface area contributed by atoms with Crippen molar-refractivity contribution in [1.29, 1.82) is 0 Å². The zero-order valence-corrected chi connectivity index (χ0v) is 10.7. The first-order valence-electron chi connectivity index (χ1n) is 5.77. The molecule has 0 unspecified atom stereocenters. The van der Waals surface area contributed by atoms with Crippen molar-refractivity contribution < 1.29 is 14.1 Å². The Kier molecular flexibility index (Phi) is 4.09. The fourth-order valence-corrected chi connectivity index (χ4v) is 1.60. The van der Waals surface area contributed by atoms with Crippen molar-refractivity contribution in [2.45, 2.75) is 6.54 Å². The Hall–Kier alpha value is -2.70. The van der Waals surface area contributed by atoms with Gasteiger partial charge in [-0.25, -0.2) is 4.98 Å². The normalized spacial score (nSPS) is 10.1. The number of anilines is 1. The highest BCUT2D eigenvalue weighted by Crippen LogP contribution is 2.22. The summed E-state index contributed by atoms with van der Waals surface area (Å²) in [6.45, 7) is 0.416. The molecule has 0 saturated heterocycles. The predicted molar refractivity (Wildman–Crippen MR) is 71.2 cm³/mol. The van der Waals surface area contributed by atoms with Gasteiger partial charge in [0.25, 0.3) is 0 Å². The van der Waals surface area contributed by atoms with Gasteiger partial charge in [0.05, 0.1) is 12.0 Å². The van der Waals surface area contributed by atoms with Crippen LogP contribution in [0.1, 0.15) is 5.56 Å². The summed E-state index contributed by atoms with van der Waals surface area (Å²) in [5.74, 6) is -0.349. The molecule has 0 aliphatic rings. The predicted octanol–water partition coefficient (Wildman–Crippen LogP) is 2.75. The first-order valence-corrected chi connectivity index (χ1v) is 5.77. The number of pyridine rings is 1. The SMILES string of the molecule is COc1ccc(CNc2ccc(F)c([N+](=O)[O-])c2)cn1. The van der Waals surface area contributed by atoms with Crippen molar-refractivity contribution in [2.75, 3.05) is 12.4 Å². The number of ether oxygens (including phenoxy) is 1. The van der Waals surface area contributed by atoms with Gasteiger partial charge in [-0.2, -0.15) is 4.39 Å². The summed E-state index contributed by atoms with van der Waals surface area (Å²) in [6.07, 6.45) is 1.63. The molecule has 0 amide bonds. The maximum absolute atomic E-state index is 13.2. The van der Waals surface area contributed by atoms with Gasteiger partial charge in [0, 0.05) is 30.6 Å². The van der Waals surface area contributed by atoms with E-state index in [0.29, 0.717) is 18.1 Å². The lowest BCUT2D eigenvalue weighted by Gasteiger charge is -2.07. The Bertz CT molecular complexity index is 617. The van der Waals surface area contributed by atoms with Crippen LogP contribution in [0.25, 0.3) is 0 Å². The molecule has 0 atom stereocenters. The van der Waals surface area contributed by atoms with Crippen LogP contribution in [0.3, 0.4) is 0 Å². The van der Waals surface area contributed by atoms with Crippen molar-refractivity contribution in [1.82, 2.24) is 4.98 Å². The van der Waals surface area contributed by atoms with E-state index in [1.54, 1.807) is 12.3 Å². The highest BCUT2D eigenvalue weighted by atomic mass is 19.1. The second-order valence-corrected chi connectivity index (χ2v) is 3.99. The van der Waals surface area contributed by atoms with Gasteiger partial charge in [0.15, 0.2) is 0 Å². The summed E-state index contributed by atoms with van der Waals surface area (Å²) in [6, 6.07) is 7.19. The number of nitro groups is 1. The van der Waals surface area contributed by atoms with E-state index in [9.17, 15) is 14.5 Å². The number of benzene rings is 1. The summed E-state index contributed by atoms with van der Waals surface area (Å²) >= 11 is 0. The Morgan fingerprint density at radius 1 is 1.40 bits per heavy atom. The molecule has 104 valence electrons. The Morgan fingerprint density at radius 3 is 2.80 bits per heavy atom. The van der Waals surface area contributed by atoms with Gasteiger partial charge >= 0.3 is 5.69 Å². The van der Waals surface area contributed by atoms with E-state index < -0.39 is 16.4 Å². The summed E-state index contributed by atoms with van der Waals surface area (Å²) in [4.78, 5) is 13.9. The molecule has 2 aromatic rings. The average molecular weight is 277 g/mol. The number of nitro benzene ring substituents is 1. The van der Waals surface area contributed by atoms with Crippen LogP contribution in [-0.4, -0.2) is 17.0 Å². The maximum atomic E-state index is 13.2. The molecule has 20 heavy (non-hydrogen) atoms. The molecular weight excluding hydrogens is 265 g/mol. The molecule has 6 nitrogen and oxygen atoms in total. The standard InChI is InChI=1S/C13H12FN3O3/c1-20-13-5-2-9(8-16-13)7-15-10-3-4-11(14)12(6-10)17(18)19/h2-6,8,15H,7H2,1H3. The molecule has 0 aliphatic carbocycles. The van der Waals surface area contributed by atoms with Crippen molar-refractivity contribution >= 4 is 11.4 Å². The molecule has 1 N–H and O–H groups in total. The molecule has 0 aliphatic heterocycles. The molecule has 7 heteroatoms. The van der Waals surface area contributed by atoms with Crippen LogP contribution in [0, 0.1) is 15.9 Å². The molecule has 2 rings (SSSR count). The number of nitrogens with zero attached hydrogens (tertiary/aromatic N) is 2. The van der Waals surface area contributed by atoms with Gasteiger partial charge in [-0.3, -0.25) is 10.1 Å². The third-order valence-corrected chi connectivity index (χ3v) is 2.65. The van der Waals surface area contributed by atoms with Gasteiger partial charge in [-0.05, 0) is 17.7 Å². The van der Waals surface area contributed by atoms with Gasteiger partial charge < -0.3 is 10.1 Å². The molecule has 0 fully saturated rings. The third kappa shape index (κ3) is 3.19. The monoisotopic (exact) mass is 277 g/mol. The minimum atomic E-state index is -0.855. The van der Waals surface area contributed by atoms with Crippen molar-refractivity contribution in [3.8, 4) is 5.88 Å². The Morgan fingerprint density at radius 2 is 2.20 bits per heavy atom. The number of halogens is 1. The number of methoxy groups -OCH3 is 1. The lowest BCUT2D eigenvalue weighted by Crippen LogP contribution is -2.01. The summed E-state index contributed by atoms with van der Waals surface area (Å²) in [7, 11) is 1.53. The van der Waals surface area contributed by atoms with E-state index in [1.807, 2.05) is 6.07 Å². The van der Waals surface area contributed by atoms with Gasteiger partial charge in [0.1, 0.15) is 0 Å². The number of hydrogen-bond acceptors (Lipinski definition) is 5. The van der Waals surface area contributed by atoms with Crippen LogP contribution in [0.2, 0.25) is 0 Å². The van der Waals surface area contributed by atoms with Crippen molar-refractivity contribution in [2.24, 2.45) is 0 Å². The summed E-state index contributed by atoms with van der Waals surface area (Å²) in [5, 5.41) is 13.6. The van der Waals surface area contributed by atoms with Gasteiger partial charge in [0.2, 0.25) is 11.7 Å². The number of nitrogens with one attached hydrogen (secondary N) is 1. The van der Waals surface area contributed by atoms with Crippen LogP contribution in [0.4, 0.5) is 15.8 Å². The lowest BCUT2D eigenvalue weighted by atomic mass is 10.2. The van der Waals surface area contributed by atoms with E-state index in [1.165, 1.54) is 13.2 Å². The molecule has 1 aromatic heterocycles. The Balaban J connectivity index is 2.06. The van der Waals surface area contributed by atoms with Crippen LogP contribution >= 0.6 is 0 Å². The molecule has 0 radical (unpaired) electrons. The maximum Gasteiger partial charge on any atom is 0.306 e. The minimum absolute atomic E-state index is 0.416. The van der Waals surface area contributed by atoms with Gasteiger partial charge in [-0.15, -0.1) is 0 Å². The average Bonchev–Trinajstić information content (AvgIpc) is 2.46. The second-order valence-electron chi connectivity index (χ2n) is 3.99. The molecule has 1 aromatic carbocycles. The highest BCUT2D eigenvalue weighted by Gasteiger charge is 2.14. The van der Waals surface area contributed by atoms with E-state index in [0.717, 1.165) is 17.7 Å². The van der Waals surface area contributed by atoms with Gasteiger partial charge in [-0.1, -0.05) is 6.07 Å². The Labute approximate surface area is 114 Å². The summed E-state index contributed by atoms with van der Waals surface area (Å²) < 4.78 is 18.1. The van der Waals surface area contributed by atoms with Crippen LogP contribution < -0.4 is 10.1 Å². The lowest BCUT2D eigenvalue weighted by molar-refractivity contribution is -0.387. The fourth-order valence-electron chi connectivity index (χ4n) is 1.60. The van der Waals surface area contributed by atoms with E-state index in [2.05, 4.69) is 10.3 Å². The number of hydrogen-bond donors (Lipinski definition) is 1. The molecule has 1 heterocycles. The summed E-state index contributed by atoms with van der Waals surface area (Å²) in [5.41, 5.74) is 0.787. The van der Waals surface area contributed by atoms with Crippen molar-refractivity contribution in [3.05, 3.63) is 58.0 Å². The van der Waals surface area contributed by atoms with Crippen LogP contribution in [0.5, 0.6) is 5.88 Å². The van der Waals surface area contributed by atoms with Crippen LogP contribution in [0.15, 0.2) is 36.5 Å². The topological polar surface area (TPSA) is 77.3 Å². The quantitative estimate of drug-likeness (QED) is 0.671. The largest absolute Gasteiger partial charge is 0.481 e. The number of rotatable bonds is 5. The smallest absolute Gasteiger partial charge is 0.306 e. The molecular formula is C13H12FN3O3. The highest BCUT2D eigenvalue weighted by molar-refractivity contribution is 5.52. The van der Waals surface area contributed by atoms with E-state index in [-0.39, 0.29) is 0 Å². The fraction of sp³-hybridized carbons (Fsp3) is 0.154. The number of aromatic nitrogens is 1. The van der Waals surface area contributed by atoms with E-state index in [4.69, 9.17) is 4.74 Å². The molecule has 0 saturated carbocycles. The minimum Gasteiger partial charge on any atom is -0.481 e. The third-order valence-electron chi connectivity index (χ3n) is 2.65. The first kappa shape index (κ1) is 13.7. The zero-order chi connectivity index (χ0) is 14.5. The second kappa shape index (κ2) is 5.96.